The lowest BCUT2D eigenvalue weighted by molar-refractivity contribution is 0.477. The summed E-state index contributed by atoms with van der Waals surface area (Å²) >= 11 is 0. The van der Waals surface area contributed by atoms with E-state index < -0.39 is 10.0 Å². The lowest BCUT2D eigenvalue weighted by Crippen LogP contribution is -2.39. The number of aliphatic imine (C=N–C) groups is 1. The second-order valence-electron chi connectivity index (χ2n) is 6.97. The second-order valence-corrected chi connectivity index (χ2v) is 8.81. The summed E-state index contributed by atoms with van der Waals surface area (Å²) in [6, 6.07) is 8.76. The Kier molecular flexibility index (Phi) is 8.37. The van der Waals surface area contributed by atoms with Gasteiger partial charge in [0, 0.05) is 45.5 Å². The first kappa shape index (κ1) is 21.5. The number of anilines is 1. The van der Waals surface area contributed by atoms with Gasteiger partial charge in [0.2, 0.25) is 10.0 Å². The van der Waals surface area contributed by atoms with Crippen molar-refractivity contribution in [3.05, 3.63) is 29.8 Å². The van der Waals surface area contributed by atoms with Crippen molar-refractivity contribution in [3.63, 3.8) is 0 Å². The van der Waals surface area contributed by atoms with Crippen LogP contribution in [0.3, 0.4) is 0 Å². The average Bonchev–Trinajstić information content (AvgIpc) is 2.64. The fraction of sp³-hybridized carbons (Fsp3) is 0.632. The third kappa shape index (κ3) is 7.76. The standard InChI is InChI=1S/C19H33N5O2S/c1-4-20-19(21-12-13-22-27(3,25)26)23(2)16-17-8-10-18(11-9-17)24-14-6-5-7-15-24/h8-11,22H,4-7,12-16H2,1-3H3,(H,20,21). The Labute approximate surface area is 163 Å². The molecule has 1 aromatic rings. The molecule has 0 radical (unpaired) electrons. The molecule has 0 aromatic heterocycles. The van der Waals surface area contributed by atoms with E-state index in [1.165, 1.54) is 30.5 Å². The third-order valence-corrected chi connectivity index (χ3v) is 5.24. The predicted molar refractivity (Wildman–Crippen MR) is 113 cm³/mol. The van der Waals surface area contributed by atoms with E-state index in [4.69, 9.17) is 0 Å². The monoisotopic (exact) mass is 395 g/mol. The van der Waals surface area contributed by atoms with Gasteiger partial charge in [-0.2, -0.15) is 0 Å². The highest BCUT2D eigenvalue weighted by Crippen LogP contribution is 2.20. The molecule has 0 atom stereocenters. The van der Waals surface area contributed by atoms with Crippen molar-refractivity contribution in [2.24, 2.45) is 4.99 Å². The number of piperidine rings is 1. The topological polar surface area (TPSA) is 77.0 Å². The highest BCUT2D eigenvalue weighted by Gasteiger charge is 2.11. The van der Waals surface area contributed by atoms with Crippen LogP contribution in [0, 0.1) is 0 Å². The summed E-state index contributed by atoms with van der Waals surface area (Å²) in [5.41, 5.74) is 2.52. The minimum Gasteiger partial charge on any atom is -0.372 e. The summed E-state index contributed by atoms with van der Waals surface area (Å²) in [6.45, 7) is 6.52. The molecule has 8 heteroatoms. The maximum absolute atomic E-state index is 11.1. The number of guanidine groups is 1. The van der Waals surface area contributed by atoms with Gasteiger partial charge in [0.05, 0.1) is 12.8 Å². The number of rotatable bonds is 8. The van der Waals surface area contributed by atoms with E-state index in [1.54, 1.807) is 0 Å². The molecule has 1 fully saturated rings. The first-order valence-electron chi connectivity index (χ1n) is 9.67. The minimum absolute atomic E-state index is 0.298. The van der Waals surface area contributed by atoms with E-state index in [0.29, 0.717) is 13.1 Å². The molecule has 0 bridgehead atoms. The summed E-state index contributed by atoms with van der Waals surface area (Å²) in [5.74, 6) is 0.771. The highest BCUT2D eigenvalue weighted by atomic mass is 32.2. The molecule has 0 spiro atoms. The molecule has 7 nitrogen and oxygen atoms in total. The maximum Gasteiger partial charge on any atom is 0.208 e. The summed E-state index contributed by atoms with van der Waals surface area (Å²) in [4.78, 5) is 9.01. The van der Waals surface area contributed by atoms with Gasteiger partial charge < -0.3 is 15.1 Å². The van der Waals surface area contributed by atoms with E-state index >= 15 is 0 Å². The highest BCUT2D eigenvalue weighted by molar-refractivity contribution is 7.88. The zero-order valence-electron chi connectivity index (χ0n) is 16.7. The molecule has 1 heterocycles. The van der Waals surface area contributed by atoms with Crippen LogP contribution in [-0.4, -0.2) is 65.3 Å². The van der Waals surface area contributed by atoms with Crippen molar-refractivity contribution >= 4 is 21.7 Å². The van der Waals surface area contributed by atoms with Gasteiger partial charge in [-0.05, 0) is 43.9 Å². The molecule has 0 saturated carbocycles. The van der Waals surface area contributed by atoms with Crippen molar-refractivity contribution in [1.82, 2.24) is 14.9 Å². The largest absolute Gasteiger partial charge is 0.372 e. The zero-order valence-corrected chi connectivity index (χ0v) is 17.6. The van der Waals surface area contributed by atoms with Gasteiger partial charge >= 0.3 is 0 Å². The lowest BCUT2D eigenvalue weighted by Gasteiger charge is -2.29. The van der Waals surface area contributed by atoms with Crippen LogP contribution in [0.15, 0.2) is 29.3 Å². The zero-order chi connectivity index (χ0) is 19.7. The van der Waals surface area contributed by atoms with E-state index in [0.717, 1.165) is 38.4 Å². The van der Waals surface area contributed by atoms with Crippen LogP contribution in [-0.2, 0) is 16.6 Å². The molecule has 2 rings (SSSR count). The van der Waals surface area contributed by atoms with Gasteiger partial charge in [-0.1, -0.05) is 12.1 Å². The SMILES string of the molecule is CCNC(=NCCNS(C)(=O)=O)N(C)Cc1ccc(N2CCCCC2)cc1. The summed E-state index contributed by atoms with van der Waals surface area (Å²) in [6.07, 6.45) is 5.05. The third-order valence-electron chi connectivity index (χ3n) is 4.51. The Morgan fingerprint density at radius 1 is 1.19 bits per heavy atom. The van der Waals surface area contributed by atoms with Crippen LogP contribution in [0.2, 0.25) is 0 Å². The molecule has 0 unspecified atom stereocenters. The van der Waals surface area contributed by atoms with Gasteiger partial charge in [-0.15, -0.1) is 0 Å². The van der Waals surface area contributed by atoms with Crippen LogP contribution in [0.25, 0.3) is 0 Å². The van der Waals surface area contributed by atoms with Gasteiger partial charge in [0.25, 0.3) is 0 Å². The Bertz CT molecular complexity index is 697. The lowest BCUT2D eigenvalue weighted by atomic mass is 10.1. The molecule has 152 valence electrons. The average molecular weight is 396 g/mol. The molecule has 1 aliphatic rings. The van der Waals surface area contributed by atoms with E-state index in [-0.39, 0.29) is 0 Å². The number of sulfonamides is 1. The Balaban J connectivity index is 1.92. The van der Waals surface area contributed by atoms with E-state index in [1.807, 2.05) is 14.0 Å². The Hall–Kier alpha value is -1.80. The summed E-state index contributed by atoms with van der Waals surface area (Å²) in [7, 11) is -1.18. The maximum atomic E-state index is 11.1. The molecule has 1 aromatic carbocycles. The first-order valence-corrected chi connectivity index (χ1v) is 11.6. The number of hydrogen-bond acceptors (Lipinski definition) is 4. The van der Waals surface area contributed by atoms with Crippen molar-refractivity contribution in [1.29, 1.82) is 0 Å². The van der Waals surface area contributed by atoms with Crippen LogP contribution >= 0.6 is 0 Å². The number of benzene rings is 1. The van der Waals surface area contributed by atoms with Gasteiger partial charge in [0.1, 0.15) is 0 Å². The molecule has 1 aliphatic heterocycles. The van der Waals surface area contributed by atoms with Gasteiger partial charge in [-0.3, -0.25) is 4.99 Å². The molecule has 2 N–H and O–H groups in total. The second kappa shape index (κ2) is 10.5. The molecular weight excluding hydrogens is 362 g/mol. The summed E-state index contributed by atoms with van der Waals surface area (Å²) < 4.78 is 24.7. The normalized spacial score (nSPS) is 15.7. The van der Waals surface area contributed by atoms with Crippen molar-refractivity contribution in [2.75, 3.05) is 50.9 Å². The van der Waals surface area contributed by atoms with E-state index in [2.05, 4.69) is 49.1 Å². The Morgan fingerprint density at radius 3 is 2.44 bits per heavy atom. The van der Waals surface area contributed by atoms with Crippen LogP contribution in [0.4, 0.5) is 5.69 Å². The molecule has 0 aliphatic carbocycles. The minimum atomic E-state index is -3.17. The molecule has 0 amide bonds. The Morgan fingerprint density at radius 2 is 1.85 bits per heavy atom. The van der Waals surface area contributed by atoms with Crippen molar-refractivity contribution in [3.8, 4) is 0 Å². The van der Waals surface area contributed by atoms with Crippen molar-refractivity contribution < 1.29 is 8.42 Å². The smallest absolute Gasteiger partial charge is 0.208 e. The quantitative estimate of drug-likeness (QED) is 0.397. The molecular formula is C19H33N5O2S. The number of hydrogen-bond donors (Lipinski definition) is 2. The van der Waals surface area contributed by atoms with Crippen LogP contribution < -0.4 is 14.9 Å². The van der Waals surface area contributed by atoms with Gasteiger partial charge in [0.15, 0.2) is 5.96 Å². The summed E-state index contributed by atoms with van der Waals surface area (Å²) in [5, 5.41) is 3.25. The fourth-order valence-electron chi connectivity index (χ4n) is 3.18. The number of nitrogens with zero attached hydrogens (tertiary/aromatic N) is 3. The molecule has 1 saturated heterocycles. The fourth-order valence-corrected chi connectivity index (χ4v) is 3.64. The number of nitrogens with one attached hydrogen (secondary N) is 2. The van der Waals surface area contributed by atoms with Crippen molar-refractivity contribution in [2.45, 2.75) is 32.7 Å². The first-order chi connectivity index (χ1) is 12.9. The predicted octanol–water partition coefficient (Wildman–Crippen LogP) is 1.62. The van der Waals surface area contributed by atoms with Gasteiger partial charge in [-0.25, -0.2) is 13.1 Å². The molecule has 27 heavy (non-hydrogen) atoms. The van der Waals surface area contributed by atoms with Crippen LogP contribution in [0.1, 0.15) is 31.7 Å². The van der Waals surface area contributed by atoms with E-state index in [9.17, 15) is 8.42 Å². The van der Waals surface area contributed by atoms with Crippen LogP contribution in [0.5, 0.6) is 0 Å².